The molecule has 0 saturated carbocycles. The summed E-state index contributed by atoms with van der Waals surface area (Å²) >= 11 is 0. The van der Waals surface area contributed by atoms with E-state index in [1.807, 2.05) is 14.0 Å². The van der Waals surface area contributed by atoms with Crippen LogP contribution in [-0.4, -0.2) is 48.7 Å². The maximum atomic E-state index is 14.0. The van der Waals surface area contributed by atoms with Crippen molar-refractivity contribution in [1.29, 1.82) is 0 Å². The molecular weight excluding hydrogens is 266 g/mol. The summed E-state index contributed by atoms with van der Waals surface area (Å²) < 4.78 is 28.1. The lowest BCUT2D eigenvalue weighted by Gasteiger charge is -2.40. The Morgan fingerprint density at radius 1 is 1.35 bits per heavy atom. The van der Waals surface area contributed by atoms with Gasteiger partial charge >= 0.3 is 5.97 Å². The van der Waals surface area contributed by atoms with Crippen molar-refractivity contribution < 1.29 is 18.7 Å². The Morgan fingerprint density at radius 2 is 1.95 bits per heavy atom. The number of anilines is 1. The molecule has 110 valence electrons. The SMILES string of the molecule is CCC1CN(c2c(F)cc(C(=O)O)cc2F)CCN1C. The summed E-state index contributed by atoms with van der Waals surface area (Å²) in [4.78, 5) is 14.6. The number of benzene rings is 1. The summed E-state index contributed by atoms with van der Waals surface area (Å²) in [5, 5.41) is 8.80. The van der Waals surface area contributed by atoms with Crippen LogP contribution < -0.4 is 4.90 Å². The zero-order valence-electron chi connectivity index (χ0n) is 11.6. The van der Waals surface area contributed by atoms with Crippen LogP contribution in [0.25, 0.3) is 0 Å². The van der Waals surface area contributed by atoms with E-state index in [1.165, 1.54) is 0 Å². The molecule has 20 heavy (non-hydrogen) atoms. The van der Waals surface area contributed by atoms with E-state index >= 15 is 0 Å². The highest BCUT2D eigenvalue weighted by molar-refractivity contribution is 5.88. The highest BCUT2D eigenvalue weighted by atomic mass is 19.1. The normalized spacial score (nSPS) is 20.2. The first-order valence-corrected chi connectivity index (χ1v) is 6.61. The summed E-state index contributed by atoms with van der Waals surface area (Å²) in [7, 11) is 1.99. The molecule has 0 bridgehead atoms. The van der Waals surface area contributed by atoms with Crippen molar-refractivity contribution in [3.05, 3.63) is 29.3 Å². The van der Waals surface area contributed by atoms with Crippen molar-refractivity contribution in [2.75, 3.05) is 31.6 Å². The van der Waals surface area contributed by atoms with Crippen molar-refractivity contribution in [1.82, 2.24) is 4.90 Å². The molecule has 6 heteroatoms. The van der Waals surface area contributed by atoms with E-state index in [4.69, 9.17) is 5.11 Å². The zero-order chi connectivity index (χ0) is 14.9. The molecule has 1 atom stereocenters. The third kappa shape index (κ3) is 2.75. The minimum atomic E-state index is -1.33. The number of rotatable bonds is 3. The predicted molar refractivity (Wildman–Crippen MR) is 72.2 cm³/mol. The molecule has 0 amide bonds. The third-order valence-electron chi connectivity index (χ3n) is 3.83. The van der Waals surface area contributed by atoms with Crippen LogP contribution >= 0.6 is 0 Å². The van der Waals surface area contributed by atoms with Gasteiger partial charge in [0.1, 0.15) is 17.3 Å². The second kappa shape index (κ2) is 5.75. The summed E-state index contributed by atoms with van der Waals surface area (Å²) in [5.74, 6) is -2.97. The van der Waals surface area contributed by atoms with Crippen LogP contribution in [0.1, 0.15) is 23.7 Å². The maximum Gasteiger partial charge on any atom is 0.335 e. The van der Waals surface area contributed by atoms with Gasteiger partial charge in [0.05, 0.1) is 5.56 Å². The van der Waals surface area contributed by atoms with E-state index in [1.54, 1.807) is 4.90 Å². The Kier molecular flexibility index (Phi) is 4.23. The van der Waals surface area contributed by atoms with E-state index in [0.29, 0.717) is 13.1 Å². The molecule has 1 saturated heterocycles. The average Bonchev–Trinajstić information content (AvgIpc) is 2.39. The summed E-state index contributed by atoms with van der Waals surface area (Å²) in [6, 6.07) is 1.99. The van der Waals surface area contributed by atoms with E-state index in [2.05, 4.69) is 4.90 Å². The van der Waals surface area contributed by atoms with Gasteiger partial charge in [-0.3, -0.25) is 4.90 Å². The molecule has 4 nitrogen and oxygen atoms in total. The Hall–Kier alpha value is -1.69. The lowest BCUT2D eigenvalue weighted by Crippen LogP contribution is -2.51. The van der Waals surface area contributed by atoms with Crippen molar-refractivity contribution in [3.8, 4) is 0 Å². The minimum Gasteiger partial charge on any atom is -0.478 e. The van der Waals surface area contributed by atoms with E-state index in [9.17, 15) is 13.6 Å². The molecular formula is C14H18F2N2O2. The number of carbonyl (C=O) groups is 1. The highest BCUT2D eigenvalue weighted by Gasteiger charge is 2.27. The van der Waals surface area contributed by atoms with Crippen LogP contribution in [0.5, 0.6) is 0 Å². The molecule has 0 aliphatic carbocycles. The predicted octanol–water partition coefficient (Wildman–Crippen LogP) is 2.19. The highest BCUT2D eigenvalue weighted by Crippen LogP contribution is 2.27. The van der Waals surface area contributed by atoms with Gasteiger partial charge in [0.2, 0.25) is 0 Å². The van der Waals surface area contributed by atoms with E-state index in [-0.39, 0.29) is 17.3 Å². The molecule has 1 aromatic rings. The molecule has 1 aliphatic rings. The summed E-state index contributed by atoms with van der Waals surface area (Å²) in [6.07, 6.45) is 0.892. The van der Waals surface area contributed by atoms with Gasteiger partial charge in [-0.15, -0.1) is 0 Å². The van der Waals surface area contributed by atoms with Gasteiger partial charge in [-0.05, 0) is 25.6 Å². The van der Waals surface area contributed by atoms with Crippen LogP contribution in [0.2, 0.25) is 0 Å². The van der Waals surface area contributed by atoms with Gasteiger partial charge in [0, 0.05) is 25.7 Å². The standard InChI is InChI=1S/C14H18F2N2O2/c1-3-10-8-18(5-4-17(10)2)13-11(15)6-9(14(19)20)7-12(13)16/h6-7,10H,3-5,8H2,1-2H3,(H,19,20). The Morgan fingerprint density at radius 3 is 2.45 bits per heavy atom. The third-order valence-corrected chi connectivity index (χ3v) is 3.83. The number of likely N-dealkylation sites (N-methyl/N-ethyl adjacent to an activating group) is 1. The number of hydrogen-bond donors (Lipinski definition) is 1. The van der Waals surface area contributed by atoms with Crippen molar-refractivity contribution in [2.45, 2.75) is 19.4 Å². The molecule has 1 aromatic carbocycles. The zero-order valence-corrected chi connectivity index (χ0v) is 11.6. The lowest BCUT2D eigenvalue weighted by atomic mass is 10.1. The molecule has 1 unspecified atom stereocenters. The Balaban J connectivity index is 2.31. The number of carboxylic acid groups (broad SMARTS) is 1. The van der Waals surface area contributed by atoms with E-state index < -0.39 is 17.6 Å². The van der Waals surface area contributed by atoms with Crippen molar-refractivity contribution in [3.63, 3.8) is 0 Å². The summed E-state index contributed by atoms with van der Waals surface area (Å²) in [5.41, 5.74) is -0.494. The smallest absolute Gasteiger partial charge is 0.335 e. The molecule has 0 aromatic heterocycles. The molecule has 2 rings (SSSR count). The summed E-state index contributed by atoms with van der Waals surface area (Å²) in [6.45, 7) is 3.81. The first-order valence-electron chi connectivity index (χ1n) is 6.61. The molecule has 1 N–H and O–H groups in total. The maximum absolute atomic E-state index is 14.0. The lowest BCUT2D eigenvalue weighted by molar-refractivity contribution is 0.0695. The molecule has 1 aliphatic heterocycles. The van der Waals surface area contributed by atoms with Gasteiger partial charge in [-0.2, -0.15) is 0 Å². The van der Waals surface area contributed by atoms with Gasteiger partial charge in [-0.1, -0.05) is 6.92 Å². The van der Waals surface area contributed by atoms with Gasteiger partial charge in [0.25, 0.3) is 0 Å². The molecule has 1 heterocycles. The van der Waals surface area contributed by atoms with Gasteiger partial charge in [0.15, 0.2) is 0 Å². The van der Waals surface area contributed by atoms with Crippen LogP contribution in [0.15, 0.2) is 12.1 Å². The Labute approximate surface area is 116 Å². The Bertz CT molecular complexity index is 499. The molecule has 0 radical (unpaired) electrons. The quantitative estimate of drug-likeness (QED) is 0.924. The van der Waals surface area contributed by atoms with Crippen molar-refractivity contribution >= 4 is 11.7 Å². The van der Waals surface area contributed by atoms with Crippen LogP contribution in [-0.2, 0) is 0 Å². The van der Waals surface area contributed by atoms with E-state index in [0.717, 1.165) is 25.1 Å². The fourth-order valence-corrected chi connectivity index (χ4v) is 2.58. The number of carboxylic acids is 1. The number of aromatic carboxylic acids is 1. The number of piperazine rings is 1. The average molecular weight is 284 g/mol. The largest absolute Gasteiger partial charge is 0.478 e. The van der Waals surface area contributed by atoms with Crippen LogP contribution in [0.4, 0.5) is 14.5 Å². The van der Waals surface area contributed by atoms with Gasteiger partial charge in [-0.25, -0.2) is 13.6 Å². The monoisotopic (exact) mass is 284 g/mol. The molecule has 1 fully saturated rings. The number of nitrogens with zero attached hydrogens (tertiary/aromatic N) is 2. The second-order valence-corrected chi connectivity index (χ2v) is 5.08. The van der Waals surface area contributed by atoms with Gasteiger partial charge < -0.3 is 10.0 Å². The van der Waals surface area contributed by atoms with Crippen LogP contribution in [0.3, 0.4) is 0 Å². The second-order valence-electron chi connectivity index (χ2n) is 5.08. The fraction of sp³-hybridized carbons (Fsp3) is 0.500. The fourth-order valence-electron chi connectivity index (χ4n) is 2.58. The van der Waals surface area contributed by atoms with Crippen molar-refractivity contribution in [2.24, 2.45) is 0 Å². The number of halogens is 2. The topological polar surface area (TPSA) is 43.8 Å². The minimum absolute atomic E-state index is 0.124. The molecule has 0 spiro atoms. The first-order chi connectivity index (χ1) is 9.43. The first kappa shape index (κ1) is 14.7. The van der Waals surface area contributed by atoms with Crippen LogP contribution in [0, 0.1) is 11.6 Å². The number of hydrogen-bond acceptors (Lipinski definition) is 3.